The zero-order valence-electron chi connectivity index (χ0n) is 30.3. The highest BCUT2D eigenvalue weighted by atomic mass is 32.1. The molecule has 0 aliphatic rings. The molecule has 2 heterocycles. The smallest absolute Gasteiger partial charge is 0.337 e. The van der Waals surface area contributed by atoms with Crippen LogP contribution >= 0.6 is 11.3 Å². The topological polar surface area (TPSA) is 97.6 Å². The van der Waals surface area contributed by atoms with Crippen LogP contribution in [0.3, 0.4) is 0 Å². The molecule has 0 aliphatic heterocycles. The zero-order chi connectivity index (χ0) is 37.2. The molecule has 276 valence electrons. The van der Waals surface area contributed by atoms with Crippen LogP contribution < -0.4 is 26.6 Å². The number of urea groups is 1. The van der Waals surface area contributed by atoms with Gasteiger partial charge in [0.15, 0.2) is 0 Å². The van der Waals surface area contributed by atoms with Crippen LogP contribution in [-0.4, -0.2) is 46.8 Å². The van der Waals surface area contributed by atoms with E-state index < -0.39 is 29.4 Å². The third kappa shape index (κ3) is 8.97. The molecule has 0 saturated carbocycles. The first-order chi connectivity index (χ1) is 25.2. The number of nitrogens with one attached hydrogen (secondary N) is 2. The molecule has 12 heteroatoms. The van der Waals surface area contributed by atoms with Gasteiger partial charge in [0.25, 0.3) is 5.56 Å². The fourth-order valence-electron chi connectivity index (χ4n) is 6.15. The molecular weight excluding hydrogens is 685 g/mol. The molecule has 52 heavy (non-hydrogen) atoms. The Hall–Kier alpha value is -4.81. The van der Waals surface area contributed by atoms with E-state index in [1.54, 1.807) is 36.4 Å². The highest BCUT2D eigenvalue weighted by Gasteiger charge is 2.26. The summed E-state index contributed by atoms with van der Waals surface area (Å²) in [5.41, 5.74) is 0.872. The molecule has 0 spiro atoms. The fraction of sp³-hybridized carbons (Fsp3) is 0.375. The predicted octanol–water partition coefficient (Wildman–Crippen LogP) is 8.54. The Morgan fingerprint density at radius 3 is 2.21 bits per heavy atom. The number of thiophene rings is 1. The Morgan fingerprint density at radius 1 is 0.865 bits per heavy atom. The number of hydrogen-bond donors (Lipinski definition) is 2. The minimum Gasteiger partial charge on any atom is -0.494 e. The molecule has 3 aromatic carbocycles. The summed E-state index contributed by atoms with van der Waals surface area (Å²) >= 11 is 1.24. The Kier molecular flexibility index (Phi) is 13.4. The van der Waals surface area contributed by atoms with Gasteiger partial charge in [0.05, 0.1) is 24.2 Å². The normalized spacial score (nSPS) is 11.4. The highest BCUT2D eigenvalue weighted by molar-refractivity contribution is 7.22. The average Bonchev–Trinajstić information content (AvgIpc) is 3.50. The standard InChI is InChI=1S/C40H47F2N5O4S/c1-5-8-9-10-11-23-45(4)25-32-35-37(48)47(29-19-21-30(22-20-29)51-24-6-2)40(50)46(26-31-33(41)13-12-14-34(31)42)38(35)52-36(32)27-15-17-28(18-16-27)44-39(49)43-7-3/h12-22H,5-11,23-26H2,1-4H3,(H2,43,44,49). The van der Waals surface area contributed by atoms with Crippen molar-refractivity contribution in [2.24, 2.45) is 0 Å². The number of carbonyl (C=O) groups is 1. The van der Waals surface area contributed by atoms with E-state index in [0.717, 1.165) is 65.8 Å². The molecule has 0 fully saturated rings. The molecule has 0 atom stereocenters. The lowest BCUT2D eigenvalue weighted by Crippen LogP contribution is -2.39. The second kappa shape index (κ2) is 18.1. The van der Waals surface area contributed by atoms with Crippen molar-refractivity contribution in [2.45, 2.75) is 72.4 Å². The van der Waals surface area contributed by atoms with Crippen LogP contribution in [0.2, 0.25) is 0 Å². The zero-order valence-corrected chi connectivity index (χ0v) is 31.1. The summed E-state index contributed by atoms with van der Waals surface area (Å²) in [7, 11) is 2.00. The van der Waals surface area contributed by atoms with Crippen LogP contribution in [0, 0.1) is 11.6 Å². The van der Waals surface area contributed by atoms with Gasteiger partial charge in [-0.1, -0.05) is 57.7 Å². The number of anilines is 1. The number of carbonyl (C=O) groups excluding carboxylic acids is 1. The van der Waals surface area contributed by atoms with Gasteiger partial charge in [0.2, 0.25) is 0 Å². The van der Waals surface area contributed by atoms with E-state index in [-0.39, 0.29) is 11.6 Å². The molecular formula is C40H47F2N5O4S. The minimum atomic E-state index is -0.787. The summed E-state index contributed by atoms with van der Waals surface area (Å²) in [5, 5.41) is 5.82. The van der Waals surface area contributed by atoms with Crippen LogP contribution in [0.25, 0.3) is 26.3 Å². The van der Waals surface area contributed by atoms with Gasteiger partial charge in [-0.2, -0.15) is 0 Å². The molecule has 0 unspecified atom stereocenters. The van der Waals surface area contributed by atoms with Crippen molar-refractivity contribution in [3.8, 4) is 21.9 Å². The van der Waals surface area contributed by atoms with Crippen molar-refractivity contribution >= 4 is 33.3 Å². The maximum absolute atomic E-state index is 15.1. The Bertz CT molecular complexity index is 2070. The summed E-state index contributed by atoms with van der Waals surface area (Å²) in [6, 6.07) is 17.2. The van der Waals surface area contributed by atoms with E-state index >= 15 is 8.78 Å². The number of ether oxygens (including phenoxy) is 1. The third-order valence-electron chi connectivity index (χ3n) is 8.83. The summed E-state index contributed by atoms with van der Waals surface area (Å²) in [4.78, 5) is 44.5. The van der Waals surface area contributed by atoms with E-state index in [0.29, 0.717) is 52.6 Å². The van der Waals surface area contributed by atoms with E-state index in [1.807, 2.05) is 33.0 Å². The first-order valence-corrected chi connectivity index (χ1v) is 18.8. The number of aromatic nitrogens is 2. The lowest BCUT2D eigenvalue weighted by molar-refractivity contribution is 0.252. The molecule has 9 nitrogen and oxygen atoms in total. The number of unbranched alkanes of at least 4 members (excludes halogenated alkanes) is 4. The van der Waals surface area contributed by atoms with Crippen LogP contribution in [0.1, 0.15) is 70.4 Å². The number of amides is 2. The molecule has 0 aliphatic carbocycles. The van der Waals surface area contributed by atoms with Gasteiger partial charge in [-0.25, -0.2) is 22.9 Å². The SMILES string of the molecule is CCCCCCCN(C)Cc1c(-c2ccc(NC(=O)NCC)cc2)sc2c1c(=O)n(-c1ccc(OCCC)cc1)c(=O)n2Cc1c(F)cccc1F. The average molecular weight is 732 g/mol. The second-order valence-corrected chi connectivity index (χ2v) is 13.9. The van der Waals surface area contributed by atoms with Crippen molar-refractivity contribution < 1.29 is 18.3 Å². The van der Waals surface area contributed by atoms with Crippen LogP contribution in [-0.2, 0) is 13.1 Å². The molecule has 0 saturated heterocycles. The summed E-state index contributed by atoms with van der Waals surface area (Å²) < 4.78 is 38.4. The largest absolute Gasteiger partial charge is 0.494 e. The van der Waals surface area contributed by atoms with Gasteiger partial charge < -0.3 is 20.3 Å². The molecule has 5 aromatic rings. The summed E-state index contributed by atoms with van der Waals surface area (Å²) in [5.74, 6) is -0.979. The number of hydrogen-bond acceptors (Lipinski definition) is 6. The van der Waals surface area contributed by atoms with Gasteiger partial charge in [-0.05, 0) is 93.0 Å². The number of rotatable bonds is 17. The number of fused-ring (bicyclic) bond motifs is 1. The molecule has 5 rings (SSSR count). The van der Waals surface area contributed by atoms with E-state index in [2.05, 4.69) is 22.5 Å². The predicted molar refractivity (Wildman–Crippen MR) is 206 cm³/mol. The van der Waals surface area contributed by atoms with Gasteiger partial charge in [0.1, 0.15) is 22.2 Å². The molecule has 2 N–H and O–H groups in total. The first-order valence-electron chi connectivity index (χ1n) is 18.0. The maximum Gasteiger partial charge on any atom is 0.337 e. The number of halogens is 2. The number of benzene rings is 3. The number of nitrogens with zero attached hydrogens (tertiary/aromatic N) is 3. The van der Waals surface area contributed by atoms with Crippen molar-refractivity contribution in [2.75, 3.05) is 32.1 Å². The molecule has 2 amide bonds. The Balaban J connectivity index is 1.71. The highest BCUT2D eigenvalue weighted by Crippen LogP contribution is 2.38. The Morgan fingerprint density at radius 2 is 1.56 bits per heavy atom. The second-order valence-electron chi connectivity index (χ2n) is 12.9. The van der Waals surface area contributed by atoms with Gasteiger partial charge in [-0.15, -0.1) is 11.3 Å². The van der Waals surface area contributed by atoms with Crippen molar-refractivity contribution in [3.05, 3.63) is 110 Å². The molecule has 2 aromatic heterocycles. The van der Waals surface area contributed by atoms with Crippen molar-refractivity contribution in [1.82, 2.24) is 19.4 Å². The quantitative estimate of drug-likeness (QED) is 0.0935. The molecule has 0 bridgehead atoms. The van der Waals surface area contributed by atoms with E-state index in [1.165, 1.54) is 28.4 Å². The molecule has 0 radical (unpaired) electrons. The van der Waals surface area contributed by atoms with Crippen LogP contribution in [0.5, 0.6) is 5.75 Å². The van der Waals surface area contributed by atoms with Crippen LogP contribution in [0.15, 0.2) is 76.3 Å². The minimum absolute atomic E-state index is 0.277. The van der Waals surface area contributed by atoms with E-state index in [4.69, 9.17) is 4.74 Å². The van der Waals surface area contributed by atoms with Gasteiger partial charge >= 0.3 is 11.7 Å². The van der Waals surface area contributed by atoms with E-state index in [9.17, 15) is 14.4 Å². The van der Waals surface area contributed by atoms with Gasteiger partial charge in [-0.3, -0.25) is 9.36 Å². The Labute approximate surface area is 306 Å². The third-order valence-corrected chi connectivity index (χ3v) is 10.1. The van der Waals surface area contributed by atoms with Crippen molar-refractivity contribution in [3.63, 3.8) is 0 Å². The van der Waals surface area contributed by atoms with Crippen LogP contribution in [0.4, 0.5) is 19.3 Å². The summed E-state index contributed by atoms with van der Waals surface area (Å²) in [6.45, 7) is 7.78. The summed E-state index contributed by atoms with van der Waals surface area (Å²) in [6.07, 6.45) is 6.38. The van der Waals surface area contributed by atoms with Crippen molar-refractivity contribution in [1.29, 1.82) is 0 Å². The fourth-order valence-corrected chi connectivity index (χ4v) is 7.45. The van der Waals surface area contributed by atoms with Gasteiger partial charge in [0, 0.05) is 29.2 Å². The lowest BCUT2D eigenvalue weighted by Gasteiger charge is -2.18. The first kappa shape index (κ1) is 38.4. The lowest BCUT2D eigenvalue weighted by atomic mass is 10.1. The maximum atomic E-state index is 15.1. The monoisotopic (exact) mass is 731 g/mol.